The maximum Gasteiger partial charge on any atom is 0.253 e. The fourth-order valence-corrected chi connectivity index (χ4v) is 4.52. The number of carbonyl (C=O) groups is 1. The highest BCUT2D eigenvalue weighted by Crippen LogP contribution is 2.45. The van der Waals surface area contributed by atoms with Gasteiger partial charge in [0.15, 0.2) is 0 Å². The van der Waals surface area contributed by atoms with E-state index in [4.69, 9.17) is 0 Å². The van der Waals surface area contributed by atoms with Gasteiger partial charge in [0, 0.05) is 69.5 Å². The van der Waals surface area contributed by atoms with Crippen LogP contribution in [0.1, 0.15) is 41.1 Å². The summed E-state index contributed by atoms with van der Waals surface area (Å²) in [6.45, 7) is 6.21. The number of carbonyl (C=O) groups excluding carboxylic acids is 1. The van der Waals surface area contributed by atoms with E-state index in [1.54, 1.807) is 0 Å². The van der Waals surface area contributed by atoms with Gasteiger partial charge in [-0.2, -0.15) is 0 Å². The van der Waals surface area contributed by atoms with E-state index in [-0.39, 0.29) is 5.91 Å². The zero-order chi connectivity index (χ0) is 17.4. The molecule has 1 aromatic rings. The molecule has 1 N–H and O–H groups in total. The molecule has 0 bridgehead atoms. The van der Waals surface area contributed by atoms with Crippen molar-refractivity contribution in [3.05, 3.63) is 29.3 Å². The minimum Gasteiger partial charge on any atom is -0.381 e. The average molecular weight is 342 g/mol. The van der Waals surface area contributed by atoms with E-state index in [2.05, 4.69) is 34.3 Å². The average Bonchev–Trinajstić information content (AvgIpc) is 3.21. The molecule has 136 valence electrons. The minimum absolute atomic E-state index is 0.151. The summed E-state index contributed by atoms with van der Waals surface area (Å²) in [7, 11) is 4.10. The Morgan fingerprint density at radius 3 is 2.84 bits per heavy atom. The predicted molar refractivity (Wildman–Crippen MR) is 101 cm³/mol. The Kier molecular flexibility index (Phi) is 4.69. The number of nitrogens with one attached hydrogen (secondary N) is 1. The Bertz CT molecular complexity index is 639. The second kappa shape index (κ2) is 6.96. The smallest absolute Gasteiger partial charge is 0.253 e. The van der Waals surface area contributed by atoms with Crippen molar-refractivity contribution in [2.75, 3.05) is 58.7 Å². The molecule has 2 aliphatic heterocycles. The Balaban J connectivity index is 1.37. The molecule has 5 nitrogen and oxygen atoms in total. The lowest BCUT2D eigenvalue weighted by atomic mass is 9.95. The summed E-state index contributed by atoms with van der Waals surface area (Å²) in [5, 5.41) is 3.63. The predicted octanol–water partition coefficient (Wildman–Crippen LogP) is 2.07. The maximum absolute atomic E-state index is 12.8. The summed E-state index contributed by atoms with van der Waals surface area (Å²) in [5.41, 5.74) is 3.45. The molecule has 2 heterocycles. The van der Waals surface area contributed by atoms with Gasteiger partial charge >= 0.3 is 0 Å². The van der Waals surface area contributed by atoms with Crippen LogP contribution in [0.3, 0.4) is 0 Å². The van der Waals surface area contributed by atoms with Crippen molar-refractivity contribution in [3.63, 3.8) is 0 Å². The molecule has 0 aromatic heterocycles. The first-order valence-corrected chi connectivity index (χ1v) is 9.68. The van der Waals surface area contributed by atoms with Crippen LogP contribution in [0.25, 0.3) is 0 Å². The summed E-state index contributed by atoms with van der Waals surface area (Å²) >= 11 is 0. The van der Waals surface area contributed by atoms with Crippen LogP contribution in [0, 0.1) is 0 Å². The highest BCUT2D eigenvalue weighted by Gasteiger charge is 2.36. The highest BCUT2D eigenvalue weighted by atomic mass is 16.2. The van der Waals surface area contributed by atoms with Gasteiger partial charge in [0.2, 0.25) is 0 Å². The number of rotatable bonds is 4. The van der Waals surface area contributed by atoms with Gasteiger partial charge < -0.3 is 15.1 Å². The first kappa shape index (κ1) is 16.9. The summed E-state index contributed by atoms with van der Waals surface area (Å²) in [5.74, 6) is 0.761. The topological polar surface area (TPSA) is 38.8 Å². The summed E-state index contributed by atoms with van der Waals surface area (Å²) in [4.78, 5) is 19.5. The number of hydrogen-bond acceptors (Lipinski definition) is 4. The van der Waals surface area contributed by atoms with Crippen LogP contribution >= 0.6 is 0 Å². The molecule has 3 aliphatic rings. The van der Waals surface area contributed by atoms with Gasteiger partial charge in [-0.1, -0.05) is 6.42 Å². The molecular formula is C20H30N4O. The van der Waals surface area contributed by atoms with Crippen LogP contribution in [0.2, 0.25) is 0 Å². The van der Waals surface area contributed by atoms with Gasteiger partial charge in [-0.25, -0.2) is 0 Å². The molecule has 25 heavy (non-hydrogen) atoms. The fraction of sp³-hybridized carbons (Fsp3) is 0.650. The maximum atomic E-state index is 12.8. The number of benzene rings is 1. The Labute approximate surface area is 151 Å². The first-order chi connectivity index (χ1) is 12.1. The SMILES string of the molecule is CN1CCN(CCN(C)C(=O)c2ccc3c(c2)C2CCCC2N3)CC1. The lowest BCUT2D eigenvalue weighted by molar-refractivity contribution is 0.0760. The molecule has 1 aliphatic carbocycles. The van der Waals surface area contributed by atoms with Gasteiger partial charge in [0.25, 0.3) is 5.91 Å². The Morgan fingerprint density at radius 1 is 1.24 bits per heavy atom. The molecule has 0 spiro atoms. The van der Waals surface area contributed by atoms with Crippen LogP contribution in [-0.4, -0.2) is 80.0 Å². The minimum atomic E-state index is 0.151. The number of likely N-dealkylation sites (N-methyl/N-ethyl adjacent to an activating group) is 2. The zero-order valence-corrected chi connectivity index (χ0v) is 15.5. The number of hydrogen-bond donors (Lipinski definition) is 1. The van der Waals surface area contributed by atoms with E-state index in [1.807, 2.05) is 18.0 Å². The van der Waals surface area contributed by atoms with E-state index in [9.17, 15) is 4.79 Å². The number of fused-ring (bicyclic) bond motifs is 3. The van der Waals surface area contributed by atoms with Crippen molar-refractivity contribution >= 4 is 11.6 Å². The Hall–Kier alpha value is -1.59. The molecular weight excluding hydrogens is 312 g/mol. The molecule has 1 aromatic carbocycles. The third-order valence-electron chi connectivity index (χ3n) is 6.25. The summed E-state index contributed by atoms with van der Waals surface area (Å²) in [6.07, 6.45) is 3.81. The van der Waals surface area contributed by atoms with E-state index < -0.39 is 0 Å². The molecule has 4 rings (SSSR count). The molecule has 1 saturated heterocycles. The second-order valence-corrected chi connectivity index (χ2v) is 7.96. The van der Waals surface area contributed by atoms with Crippen LogP contribution < -0.4 is 5.32 Å². The molecule has 1 saturated carbocycles. The highest BCUT2D eigenvalue weighted by molar-refractivity contribution is 5.95. The third kappa shape index (κ3) is 3.40. The van der Waals surface area contributed by atoms with Crippen molar-refractivity contribution in [1.82, 2.24) is 14.7 Å². The van der Waals surface area contributed by atoms with Crippen molar-refractivity contribution in [2.24, 2.45) is 0 Å². The van der Waals surface area contributed by atoms with E-state index >= 15 is 0 Å². The van der Waals surface area contributed by atoms with E-state index in [0.717, 1.165) is 44.8 Å². The van der Waals surface area contributed by atoms with Crippen molar-refractivity contribution in [2.45, 2.75) is 31.2 Å². The van der Waals surface area contributed by atoms with Gasteiger partial charge in [0.05, 0.1) is 0 Å². The molecule has 5 heteroatoms. The molecule has 2 fully saturated rings. The Morgan fingerprint density at radius 2 is 2.04 bits per heavy atom. The third-order valence-corrected chi connectivity index (χ3v) is 6.25. The molecule has 1 amide bonds. The lowest BCUT2D eigenvalue weighted by Gasteiger charge is -2.33. The standard InChI is InChI=1S/C20H30N4O/c1-22-8-11-24(12-9-22)13-10-23(2)20(25)15-6-7-19-17(14-15)16-4-3-5-18(16)21-19/h6-7,14,16,18,21H,3-5,8-13H2,1-2H3. The van der Waals surface area contributed by atoms with Gasteiger partial charge in [0.1, 0.15) is 0 Å². The number of nitrogens with zero attached hydrogens (tertiary/aromatic N) is 3. The van der Waals surface area contributed by atoms with Gasteiger partial charge in [-0.3, -0.25) is 9.69 Å². The lowest BCUT2D eigenvalue weighted by Crippen LogP contribution is -2.47. The van der Waals surface area contributed by atoms with Crippen LogP contribution in [-0.2, 0) is 0 Å². The second-order valence-electron chi connectivity index (χ2n) is 7.96. The van der Waals surface area contributed by atoms with Crippen molar-refractivity contribution in [3.8, 4) is 0 Å². The van der Waals surface area contributed by atoms with Crippen LogP contribution in [0.4, 0.5) is 5.69 Å². The molecule has 0 radical (unpaired) electrons. The fourth-order valence-electron chi connectivity index (χ4n) is 4.52. The summed E-state index contributed by atoms with van der Waals surface area (Å²) < 4.78 is 0. The first-order valence-electron chi connectivity index (χ1n) is 9.68. The summed E-state index contributed by atoms with van der Waals surface area (Å²) in [6, 6.07) is 6.83. The molecule has 2 unspecified atom stereocenters. The molecule has 2 atom stereocenters. The number of amides is 1. The van der Waals surface area contributed by atoms with Crippen molar-refractivity contribution < 1.29 is 4.79 Å². The monoisotopic (exact) mass is 342 g/mol. The van der Waals surface area contributed by atoms with Gasteiger partial charge in [-0.15, -0.1) is 0 Å². The van der Waals surface area contributed by atoms with E-state index in [0.29, 0.717) is 12.0 Å². The zero-order valence-electron chi connectivity index (χ0n) is 15.5. The quantitative estimate of drug-likeness (QED) is 0.909. The number of piperazine rings is 1. The van der Waals surface area contributed by atoms with Gasteiger partial charge in [-0.05, 0) is 43.7 Å². The van der Waals surface area contributed by atoms with E-state index in [1.165, 1.54) is 30.5 Å². The number of anilines is 1. The van der Waals surface area contributed by atoms with Crippen LogP contribution in [0.5, 0.6) is 0 Å². The normalized spacial score (nSPS) is 26.2. The van der Waals surface area contributed by atoms with Crippen molar-refractivity contribution in [1.29, 1.82) is 0 Å². The largest absolute Gasteiger partial charge is 0.381 e. The van der Waals surface area contributed by atoms with Crippen LogP contribution in [0.15, 0.2) is 18.2 Å².